The van der Waals surface area contributed by atoms with Crippen LogP contribution in [0.1, 0.15) is 5.56 Å². The van der Waals surface area contributed by atoms with Gasteiger partial charge in [0, 0.05) is 0 Å². The van der Waals surface area contributed by atoms with Crippen LogP contribution in [-0.2, 0) is 11.2 Å². The maximum atomic E-state index is 12.8. The summed E-state index contributed by atoms with van der Waals surface area (Å²) in [5.74, 6) is -1.31. The normalized spacial score (nSPS) is 9.83. The highest BCUT2D eigenvalue weighted by atomic mass is 127. The van der Waals surface area contributed by atoms with Gasteiger partial charge in [-0.1, -0.05) is 12.1 Å². The molecule has 4 heteroatoms. The molecule has 0 bridgehead atoms. The van der Waals surface area contributed by atoms with Gasteiger partial charge in [0.15, 0.2) is 0 Å². The Balaban J connectivity index is 3.00. The summed E-state index contributed by atoms with van der Waals surface area (Å²) in [6.07, 6.45) is -0.129. The zero-order valence-electron chi connectivity index (χ0n) is 6.05. The summed E-state index contributed by atoms with van der Waals surface area (Å²) in [4.78, 5) is 10.3. The number of aliphatic carboxylic acids is 1. The molecule has 1 aromatic rings. The van der Waals surface area contributed by atoms with Crippen molar-refractivity contribution < 1.29 is 14.3 Å². The molecule has 0 spiro atoms. The molecule has 2 nitrogen and oxygen atoms in total. The molecule has 64 valence electrons. The Hall–Kier alpha value is -0.650. The van der Waals surface area contributed by atoms with Crippen molar-refractivity contribution in [3.63, 3.8) is 0 Å². The number of halogens is 2. The topological polar surface area (TPSA) is 37.3 Å². The van der Waals surface area contributed by atoms with Crippen molar-refractivity contribution in [3.8, 4) is 0 Å². The summed E-state index contributed by atoms with van der Waals surface area (Å²) in [6, 6.07) is 4.43. The van der Waals surface area contributed by atoms with Gasteiger partial charge in [0.2, 0.25) is 0 Å². The van der Waals surface area contributed by atoms with Gasteiger partial charge in [-0.3, -0.25) is 4.79 Å². The fourth-order valence-electron chi connectivity index (χ4n) is 0.848. The first-order valence-electron chi connectivity index (χ1n) is 3.26. The average molecular weight is 280 g/mol. The van der Waals surface area contributed by atoms with Crippen LogP contribution in [-0.4, -0.2) is 11.1 Å². The van der Waals surface area contributed by atoms with Gasteiger partial charge in [-0.05, 0) is 34.2 Å². The molecule has 0 aliphatic rings. The Morgan fingerprint density at radius 3 is 2.83 bits per heavy atom. The second kappa shape index (κ2) is 3.84. The van der Waals surface area contributed by atoms with Crippen LogP contribution in [0.3, 0.4) is 0 Å². The van der Waals surface area contributed by atoms with Gasteiger partial charge in [0.25, 0.3) is 0 Å². The number of benzene rings is 1. The summed E-state index contributed by atoms with van der Waals surface area (Å²) in [7, 11) is 0. The van der Waals surface area contributed by atoms with Crippen LogP contribution in [0.5, 0.6) is 0 Å². The van der Waals surface area contributed by atoms with Gasteiger partial charge in [-0.25, -0.2) is 4.39 Å². The summed E-state index contributed by atoms with van der Waals surface area (Å²) in [6.45, 7) is 0. The molecule has 0 aliphatic carbocycles. The van der Waals surface area contributed by atoms with Crippen molar-refractivity contribution in [2.45, 2.75) is 6.42 Å². The Kier molecular flexibility index (Phi) is 3.02. The molecule has 0 unspecified atom stereocenters. The van der Waals surface area contributed by atoms with Crippen LogP contribution in [0.25, 0.3) is 0 Å². The molecule has 0 amide bonds. The highest BCUT2D eigenvalue weighted by Crippen LogP contribution is 2.16. The number of hydrogen-bond acceptors (Lipinski definition) is 1. The third-order valence-corrected chi connectivity index (χ3v) is 2.58. The van der Waals surface area contributed by atoms with Crippen molar-refractivity contribution in [3.05, 3.63) is 33.1 Å². The Morgan fingerprint density at radius 2 is 2.25 bits per heavy atom. The minimum atomic E-state index is -0.946. The fourth-order valence-corrected chi connectivity index (χ4v) is 1.40. The van der Waals surface area contributed by atoms with Crippen molar-refractivity contribution in [1.82, 2.24) is 0 Å². The van der Waals surface area contributed by atoms with Crippen LogP contribution >= 0.6 is 22.6 Å². The third kappa shape index (κ3) is 2.17. The molecule has 0 radical (unpaired) electrons. The average Bonchev–Trinajstić information content (AvgIpc) is 1.98. The van der Waals surface area contributed by atoms with Gasteiger partial charge in [0.1, 0.15) is 5.82 Å². The highest BCUT2D eigenvalue weighted by Gasteiger charge is 2.07. The van der Waals surface area contributed by atoms with Crippen LogP contribution in [0.15, 0.2) is 18.2 Å². The molecule has 12 heavy (non-hydrogen) atoms. The van der Waals surface area contributed by atoms with E-state index in [1.165, 1.54) is 12.1 Å². The lowest BCUT2D eigenvalue weighted by molar-refractivity contribution is -0.136. The second-order valence-electron chi connectivity index (χ2n) is 2.28. The van der Waals surface area contributed by atoms with E-state index in [-0.39, 0.29) is 12.2 Å². The first-order chi connectivity index (χ1) is 5.61. The van der Waals surface area contributed by atoms with Crippen LogP contribution in [0, 0.1) is 9.39 Å². The lowest BCUT2D eigenvalue weighted by Crippen LogP contribution is -2.02. The smallest absolute Gasteiger partial charge is 0.307 e. The van der Waals surface area contributed by atoms with E-state index >= 15 is 0 Å². The largest absolute Gasteiger partial charge is 0.481 e. The van der Waals surface area contributed by atoms with E-state index in [0.29, 0.717) is 9.13 Å². The van der Waals surface area contributed by atoms with Crippen LogP contribution < -0.4 is 0 Å². The zero-order valence-corrected chi connectivity index (χ0v) is 8.21. The number of hydrogen-bond donors (Lipinski definition) is 1. The Morgan fingerprint density at radius 1 is 1.58 bits per heavy atom. The second-order valence-corrected chi connectivity index (χ2v) is 3.36. The summed E-state index contributed by atoms with van der Waals surface area (Å²) in [5.41, 5.74) is 0.517. The number of carboxylic acids is 1. The number of carboxylic acid groups (broad SMARTS) is 1. The summed E-state index contributed by atoms with van der Waals surface area (Å²) < 4.78 is 13.2. The summed E-state index contributed by atoms with van der Waals surface area (Å²) >= 11 is 1.80. The minimum absolute atomic E-state index is 0.129. The number of rotatable bonds is 2. The van der Waals surface area contributed by atoms with Gasteiger partial charge >= 0.3 is 5.97 Å². The first kappa shape index (κ1) is 9.44. The van der Waals surface area contributed by atoms with Gasteiger partial charge in [-0.15, -0.1) is 0 Å². The van der Waals surface area contributed by atoms with E-state index in [9.17, 15) is 9.18 Å². The van der Waals surface area contributed by atoms with Crippen LogP contribution in [0.2, 0.25) is 0 Å². The molecule has 0 aromatic heterocycles. The van der Waals surface area contributed by atoms with Crippen molar-refractivity contribution in [2.24, 2.45) is 0 Å². The third-order valence-electron chi connectivity index (χ3n) is 1.37. The Bertz CT molecular complexity index is 312. The van der Waals surface area contributed by atoms with Crippen molar-refractivity contribution >= 4 is 28.6 Å². The maximum Gasteiger partial charge on any atom is 0.307 e. The van der Waals surface area contributed by atoms with Gasteiger partial charge in [0.05, 0.1) is 9.99 Å². The molecular formula is C8H6FIO2. The standard InChI is InChI=1S/C8H6FIO2/c9-6-3-1-2-5(8(6)10)4-7(11)12/h1-3H,4H2,(H,11,12). The quantitative estimate of drug-likeness (QED) is 0.842. The van der Waals surface area contributed by atoms with Crippen molar-refractivity contribution in [1.29, 1.82) is 0 Å². The molecule has 0 atom stereocenters. The van der Waals surface area contributed by atoms with Gasteiger partial charge < -0.3 is 5.11 Å². The van der Waals surface area contributed by atoms with Crippen molar-refractivity contribution in [2.75, 3.05) is 0 Å². The lowest BCUT2D eigenvalue weighted by Gasteiger charge is -2.00. The molecule has 0 saturated carbocycles. The summed E-state index contributed by atoms with van der Waals surface area (Å²) in [5, 5.41) is 8.46. The van der Waals surface area contributed by atoms with E-state index in [1.54, 1.807) is 28.7 Å². The number of carbonyl (C=O) groups is 1. The molecule has 0 aliphatic heterocycles. The molecule has 0 fully saturated rings. The predicted octanol–water partition coefficient (Wildman–Crippen LogP) is 2.06. The van der Waals surface area contributed by atoms with E-state index in [0.717, 1.165) is 0 Å². The molecule has 1 N–H and O–H groups in total. The lowest BCUT2D eigenvalue weighted by atomic mass is 10.1. The van der Waals surface area contributed by atoms with Crippen LogP contribution in [0.4, 0.5) is 4.39 Å². The molecular weight excluding hydrogens is 274 g/mol. The zero-order chi connectivity index (χ0) is 9.14. The fraction of sp³-hybridized carbons (Fsp3) is 0.125. The first-order valence-corrected chi connectivity index (χ1v) is 4.34. The van der Waals surface area contributed by atoms with Gasteiger partial charge in [-0.2, -0.15) is 0 Å². The molecule has 0 saturated heterocycles. The highest BCUT2D eigenvalue weighted by molar-refractivity contribution is 14.1. The maximum absolute atomic E-state index is 12.8. The molecule has 1 rings (SSSR count). The monoisotopic (exact) mass is 280 g/mol. The van der Waals surface area contributed by atoms with E-state index in [1.807, 2.05) is 0 Å². The van der Waals surface area contributed by atoms with E-state index in [2.05, 4.69) is 0 Å². The molecule has 1 aromatic carbocycles. The van der Waals surface area contributed by atoms with E-state index < -0.39 is 5.97 Å². The minimum Gasteiger partial charge on any atom is -0.481 e. The SMILES string of the molecule is O=C(O)Cc1cccc(F)c1I. The predicted molar refractivity (Wildman–Crippen MR) is 50.5 cm³/mol. The Labute approximate surface area is 82.5 Å². The van der Waals surface area contributed by atoms with E-state index in [4.69, 9.17) is 5.11 Å². The molecule has 0 heterocycles.